The predicted molar refractivity (Wildman–Crippen MR) is 124 cm³/mol. The minimum Gasteiger partial charge on any atom is -0.493 e. The fourth-order valence-corrected chi connectivity index (χ4v) is 5.27. The van der Waals surface area contributed by atoms with Gasteiger partial charge in [0.05, 0.1) is 19.0 Å². The zero-order valence-electron chi connectivity index (χ0n) is 19.0. The van der Waals surface area contributed by atoms with Crippen LogP contribution in [-0.4, -0.2) is 44.9 Å². The van der Waals surface area contributed by atoms with Gasteiger partial charge in [-0.05, 0) is 62.1 Å². The third-order valence-corrected chi connectivity index (χ3v) is 7.17. The lowest BCUT2D eigenvalue weighted by Gasteiger charge is -2.25. The van der Waals surface area contributed by atoms with Gasteiger partial charge in [0, 0.05) is 25.2 Å². The molecule has 0 aliphatic carbocycles. The molecule has 1 N–H and O–H groups in total. The third-order valence-electron chi connectivity index (χ3n) is 5.32. The van der Waals surface area contributed by atoms with Gasteiger partial charge >= 0.3 is 0 Å². The van der Waals surface area contributed by atoms with Crippen molar-refractivity contribution < 1.29 is 22.7 Å². The molecule has 1 aliphatic rings. The van der Waals surface area contributed by atoms with Gasteiger partial charge in [0.1, 0.15) is 0 Å². The van der Waals surface area contributed by atoms with Gasteiger partial charge in [0.15, 0.2) is 11.5 Å². The maximum atomic E-state index is 12.6. The quantitative estimate of drug-likeness (QED) is 0.616. The van der Waals surface area contributed by atoms with Crippen molar-refractivity contribution >= 4 is 15.9 Å². The normalized spacial score (nSPS) is 14.9. The van der Waals surface area contributed by atoms with E-state index in [9.17, 15) is 13.2 Å². The summed E-state index contributed by atoms with van der Waals surface area (Å²) in [5.41, 5.74) is 2.05. The van der Waals surface area contributed by atoms with E-state index in [0.717, 1.165) is 24.8 Å². The summed E-state index contributed by atoms with van der Waals surface area (Å²) < 4.78 is 37.9. The second-order valence-electron chi connectivity index (χ2n) is 8.25. The highest BCUT2D eigenvalue weighted by Crippen LogP contribution is 2.29. The number of rotatable bonds is 9. The van der Waals surface area contributed by atoms with Crippen LogP contribution in [-0.2, 0) is 22.3 Å². The average Bonchev–Trinajstić information content (AvgIpc) is 2.78. The van der Waals surface area contributed by atoms with Gasteiger partial charge in [-0.25, -0.2) is 12.7 Å². The second kappa shape index (κ2) is 10.8. The zero-order valence-corrected chi connectivity index (χ0v) is 19.8. The first-order valence-electron chi connectivity index (χ1n) is 11.0. The molecule has 0 spiro atoms. The first-order valence-corrected chi connectivity index (χ1v) is 12.6. The molecule has 0 radical (unpaired) electrons. The van der Waals surface area contributed by atoms with Gasteiger partial charge in [-0.3, -0.25) is 4.79 Å². The summed E-state index contributed by atoms with van der Waals surface area (Å²) in [4.78, 5) is 12.5. The van der Waals surface area contributed by atoms with Gasteiger partial charge in [-0.1, -0.05) is 24.6 Å². The number of nitrogens with zero attached hydrogens (tertiary/aromatic N) is 1. The van der Waals surface area contributed by atoms with Gasteiger partial charge in [-0.15, -0.1) is 0 Å². The molecular formula is C24H32N2O5S. The van der Waals surface area contributed by atoms with Gasteiger partial charge in [0.2, 0.25) is 10.0 Å². The Morgan fingerprint density at radius 2 is 1.66 bits per heavy atom. The number of amides is 1. The van der Waals surface area contributed by atoms with Crippen molar-refractivity contribution in [2.45, 2.75) is 51.5 Å². The Bertz CT molecular complexity index is 1010. The zero-order chi connectivity index (χ0) is 23.1. The number of hydrogen-bond donors (Lipinski definition) is 1. The largest absolute Gasteiger partial charge is 0.493 e. The van der Waals surface area contributed by atoms with Crippen molar-refractivity contribution in [1.82, 2.24) is 9.62 Å². The smallest absolute Gasteiger partial charge is 0.251 e. The van der Waals surface area contributed by atoms with Crippen LogP contribution < -0.4 is 14.8 Å². The molecule has 1 saturated heterocycles. The molecule has 0 bridgehead atoms. The van der Waals surface area contributed by atoms with Crippen molar-refractivity contribution in [3.05, 3.63) is 59.2 Å². The Morgan fingerprint density at radius 1 is 1.00 bits per heavy atom. The molecule has 1 amide bonds. The molecule has 1 aliphatic heterocycles. The molecule has 8 heteroatoms. The fraction of sp³-hybridized carbons (Fsp3) is 0.458. The van der Waals surface area contributed by atoms with Crippen LogP contribution in [0.2, 0.25) is 0 Å². The van der Waals surface area contributed by atoms with E-state index in [-0.39, 0.29) is 17.8 Å². The van der Waals surface area contributed by atoms with Crippen molar-refractivity contribution in [2.24, 2.45) is 0 Å². The standard InChI is InChI=1S/C24H32N2O5S/c1-18(2)31-22-12-9-20(15-23(22)30-3)16-25-24(27)21-10-7-19(8-11-21)17-32(28,29)26-13-5-4-6-14-26/h7-12,15,18H,4-6,13-14,16-17H2,1-3H3,(H,25,27). The lowest BCUT2D eigenvalue weighted by Crippen LogP contribution is -2.36. The summed E-state index contributed by atoms with van der Waals surface area (Å²) in [7, 11) is -1.74. The van der Waals surface area contributed by atoms with Crippen LogP contribution in [0.1, 0.15) is 54.6 Å². The molecule has 0 aromatic heterocycles. The Kier molecular flexibility index (Phi) is 8.15. The number of carbonyl (C=O) groups excluding carboxylic acids is 1. The highest BCUT2D eigenvalue weighted by molar-refractivity contribution is 7.88. The third kappa shape index (κ3) is 6.46. The van der Waals surface area contributed by atoms with Crippen LogP contribution in [0.25, 0.3) is 0 Å². The Labute approximate surface area is 190 Å². The van der Waals surface area contributed by atoms with E-state index in [1.807, 2.05) is 32.0 Å². The number of carbonyl (C=O) groups is 1. The number of methoxy groups -OCH3 is 1. The fourth-order valence-electron chi connectivity index (χ4n) is 3.65. The number of piperidine rings is 1. The van der Waals surface area contributed by atoms with E-state index in [1.165, 1.54) is 0 Å². The molecule has 3 rings (SSSR count). The van der Waals surface area contributed by atoms with Crippen LogP contribution in [0, 0.1) is 0 Å². The van der Waals surface area contributed by atoms with E-state index < -0.39 is 10.0 Å². The monoisotopic (exact) mass is 460 g/mol. The van der Waals surface area contributed by atoms with Gasteiger partial charge < -0.3 is 14.8 Å². The van der Waals surface area contributed by atoms with Crippen LogP contribution in [0.15, 0.2) is 42.5 Å². The van der Waals surface area contributed by atoms with E-state index in [1.54, 1.807) is 35.7 Å². The molecule has 32 heavy (non-hydrogen) atoms. The van der Waals surface area contributed by atoms with Crippen LogP contribution in [0.5, 0.6) is 11.5 Å². The Balaban J connectivity index is 1.58. The molecule has 0 atom stereocenters. The van der Waals surface area contributed by atoms with E-state index >= 15 is 0 Å². The number of ether oxygens (including phenoxy) is 2. The molecule has 7 nitrogen and oxygen atoms in total. The number of benzene rings is 2. The molecule has 2 aromatic carbocycles. The molecule has 0 saturated carbocycles. The van der Waals surface area contributed by atoms with E-state index in [2.05, 4.69) is 5.32 Å². The maximum Gasteiger partial charge on any atom is 0.251 e. The van der Waals surface area contributed by atoms with Crippen molar-refractivity contribution in [3.8, 4) is 11.5 Å². The summed E-state index contributed by atoms with van der Waals surface area (Å²) in [6.45, 7) is 5.42. The second-order valence-corrected chi connectivity index (χ2v) is 10.2. The molecule has 1 heterocycles. The minimum atomic E-state index is -3.32. The highest BCUT2D eigenvalue weighted by Gasteiger charge is 2.24. The SMILES string of the molecule is COc1cc(CNC(=O)c2ccc(CS(=O)(=O)N3CCCCC3)cc2)ccc1OC(C)C. The first kappa shape index (κ1) is 24.1. The molecule has 0 unspecified atom stereocenters. The number of hydrogen-bond acceptors (Lipinski definition) is 5. The number of nitrogens with one attached hydrogen (secondary N) is 1. The molecule has 2 aromatic rings. The highest BCUT2D eigenvalue weighted by atomic mass is 32.2. The van der Waals surface area contributed by atoms with Gasteiger partial charge in [0.25, 0.3) is 5.91 Å². The summed E-state index contributed by atoms with van der Waals surface area (Å²) >= 11 is 0. The van der Waals surface area contributed by atoms with Crippen molar-refractivity contribution in [2.75, 3.05) is 20.2 Å². The van der Waals surface area contributed by atoms with E-state index in [0.29, 0.717) is 42.3 Å². The van der Waals surface area contributed by atoms with Crippen LogP contribution in [0.4, 0.5) is 0 Å². The average molecular weight is 461 g/mol. The van der Waals surface area contributed by atoms with Crippen molar-refractivity contribution in [3.63, 3.8) is 0 Å². The number of sulfonamides is 1. The van der Waals surface area contributed by atoms with E-state index in [4.69, 9.17) is 9.47 Å². The minimum absolute atomic E-state index is 0.0345. The first-order chi connectivity index (χ1) is 15.3. The Morgan fingerprint density at radius 3 is 2.28 bits per heavy atom. The van der Waals surface area contributed by atoms with Gasteiger partial charge in [-0.2, -0.15) is 0 Å². The summed E-state index contributed by atoms with van der Waals surface area (Å²) in [6, 6.07) is 12.3. The van der Waals surface area contributed by atoms with Crippen LogP contribution >= 0.6 is 0 Å². The van der Waals surface area contributed by atoms with Crippen molar-refractivity contribution in [1.29, 1.82) is 0 Å². The summed E-state index contributed by atoms with van der Waals surface area (Å²) in [5, 5.41) is 2.88. The maximum absolute atomic E-state index is 12.6. The molecular weight excluding hydrogens is 428 g/mol. The lowest BCUT2D eigenvalue weighted by atomic mass is 10.1. The summed E-state index contributed by atoms with van der Waals surface area (Å²) in [5.74, 6) is 1.01. The lowest BCUT2D eigenvalue weighted by molar-refractivity contribution is 0.0951. The van der Waals surface area contributed by atoms with Crippen LogP contribution in [0.3, 0.4) is 0 Å². The molecule has 174 valence electrons. The summed E-state index contributed by atoms with van der Waals surface area (Å²) in [6.07, 6.45) is 2.95. The molecule has 1 fully saturated rings. The topological polar surface area (TPSA) is 84.9 Å². The predicted octanol–water partition coefficient (Wildman–Crippen LogP) is 3.73. The Hall–Kier alpha value is -2.58.